The summed E-state index contributed by atoms with van der Waals surface area (Å²) >= 11 is 0. The van der Waals surface area contributed by atoms with E-state index < -0.39 is 65.4 Å². The number of hydrogen-bond donors (Lipinski definition) is 0. The first-order valence-electron chi connectivity index (χ1n) is 16.9. The van der Waals surface area contributed by atoms with Crippen LogP contribution in [0.25, 0.3) is 0 Å². The normalized spacial score (nSPS) is 37.8. The zero-order valence-corrected chi connectivity index (χ0v) is 39.4. The summed E-state index contributed by atoms with van der Waals surface area (Å²) in [6, 6.07) is 0. The molecule has 5 rings (SSSR count). The van der Waals surface area contributed by atoms with Gasteiger partial charge in [0.25, 0.3) is 0 Å². The molecule has 2 nitrogen and oxygen atoms in total. The molecule has 0 aromatic heterocycles. The van der Waals surface area contributed by atoms with Crippen molar-refractivity contribution in [1.29, 1.82) is 0 Å². The topological polar surface area (TPSA) is 18.5 Å². The molecule has 40 heavy (non-hydrogen) atoms. The summed E-state index contributed by atoms with van der Waals surface area (Å²) in [5.74, 6) is 2.94. The Morgan fingerprint density at radius 3 is 1.15 bits per heavy atom. The van der Waals surface area contributed by atoms with Gasteiger partial charge in [0, 0.05) is 42.7 Å². The molecule has 11 heteroatoms. The summed E-state index contributed by atoms with van der Waals surface area (Å²) < 4.78 is 15.8. The fourth-order valence-electron chi connectivity index (χ4n) is 15.1. The predicted molar refractivity (Wildman–Crippen MR) is 204 cm³/mol. The summed E-state index contributed by atoms with van der Waals surface area (Å²) in [7, 11) is -11.4. The van der Waals surface area contributed by atoms with Crippen molar-refractivity contribution in [3.63, 3.8) is 0 Å². The second kappa shape index (κ2) is 9.69. The van der Waals surface area contributed by atoms with E-state index in [9.17, 15) is 0 Å². The molecule has 1 aliphatic heterocycles. The van der Waals surface area contributed by atoms with E-state index in [1.807, 2.05) is 0 Å². The Kier molecular flexibility index (Phi) is 8.42. The molecule has 0 amide bonds. The first-order chi connectivity index (χ1) is 17.6. The lowest BCUT2D eigenvalue weighted by Crippen LogP contribution is -3.12. The highest BCUT2D eigenvalue weighted by molar-refractivity contribution is 8.27. The van der Waals surface area contributed by atoms with Gasteiger partial charge in [0.15, 0.2) is 15.7 Å². The smallest absolute Gasteiger partial charge is 0.189 e. The molecule has 0 N–H and O–H groups in total. The third kappa shape index (κ3) is 4.12. The molecule has 0 unspecified atom stereocenters. The van der Waals surface area contributed by atoms with Gasteiger partial charge in [-0.1, -0.05) is 91.7 Å². The molecule has 0 radical (unpaired) electrons. The number of hydrogen-bond acceptors (Lipinski definition) is 2. The van der Waals surface area contributed by atoms with E-state index >= 15 is 0 Å². The molecule has 1 atom stereocenters. The molecule has 0 aromatic carbocycles. The third-order valence-corrected chi connectivity index (χ3v) is 238. The molecule has 4 bridgehead atoms. The van der Waals surface area contributed by atoms with Crippen LogP contribution in [0.15, 0.2) is 0 Å². The van der Waals surface area contributed by atoms with E-state index in [2.05, 4.69) is 118 Å². The van der Waals surface area contributed by atoms with Gasteiger partial charge >= 0.3 is 0 Å². The maximum Gasteiger partial charge on any atom is 0.189 e. The van der Waals surface area contributed by atoms with Gasteiger partial charge in [-0.3, -0.25) is 0 Å². The minimum absolute atomic E-state index is 0.431. The molecule has 4 saturated carbocycles. The van der Waals surface area contributed by atoms with E-state index in [1.165, 1.54) is 38.5 Å². The van der Waals surface area contributed by atoms with Crippen LogP contribution in [0, 0.1) is 23.2 Å². The number of rotatable bonds is 7. The average Bonchev–Trinajstić information content (AvgIpc) is 2.68. The van der Waals surface area contributed by atoms with Crippen LogP contribution in [0.3, 0.4) is 0 Å². The molecule has 234 valence electrons. The van der Waals surface area contributed by atoms with E-state index in [0.717, 1.165) is 17.8 Å². The van der Waals surface area contributed by atoms with Crippen molar-refractivity contribution in [3.05, 3.63) is 0 Å². The highest BCUT2D eigenvalue weighted by Crippen LogP contribution is 2.67. The Morgan fingerprint density at radius 1 is 0.575 bits per heavy atom. The minimum Gasteiger partial charge on any atom is -0.424 e. The van der Waals surface area contributed by atoms with Crippen LogP contribution in [0.5, 0.6) is 0 Å². The summed E-state index contributed by atoms with van der Waals surface area (Å²) in [5.41, 5.74) is 0.919. The van der Waals surface area contributed by atoms with Crippen molar-refractivity contribution >= 4 is 65.4 Å². The fraction of sp³-hybridized carbons (Fsp3) is 1.00. The SMILES string of the molecule is CO[Si]1([C@H](O[Si](C)(C)C)C23CC4CC(CC(C4)C2)C3)[Si](C)(C)[Si](C)(C)[Si]([Si](C)(C)C)([Si](C)(C)C)[Si](C)(C)[Si]1(C)C. The van der Waals surface area contributed by atoms with Gasteiger partial charge in [-0.15, -0.1) is 0 Å². The summed E-state index contributed by atoms with van der Waals surface area (Å²) in [6.45, 7) is 49.1. The second-order valence-corrected chi connectivity index (χ2v) is 120. The molecule has 1 saturated heterocycles. The van der Waals surface area contributed by atoms with Gasteiger partial charge in [0.05, 0.1) is 19.9 Å². The Morgan fingerprint density at radius 2 is 0.900 bits per heavy atom. The Bertz CT molecular complexity index is 921. The first kappa shape index (κ1) is 34.7. The zero-order chi connectivity index (χ0) is 31.0. The van der Waals surface area contributed by atoms with Crippen LogP contribution in [0.4, 0.5) is 0 Å². The van der Waals surface area contributed by atoms with Crippen LogP contribution in [0.1, 0.15) is 38.5 Å². The molecule has 4 aliphatic carbocycles. The van der Waals surface area contributed by atoms with Gasteiger partial charge < -0.3 is 8.85 Å². The predicted octanol–water partition coefficient (Wildman–Crippen LogP) is 9.15. The van der Waals surface area contributed by atoms with E-state index in [-0.39, 0.29) is 0 Å². The van der Waals surface area contributed by atoms with Crippen molar-refractivity contribution in [2.24, 2.45) is 23.2 Å². The van der Waals surface area contributed by atoms with Crippen LogP contribution < -0.4 is 0 Å². The Labute approximate surface area is 258 Å². The van der Waals surface area contributed by atoms with Gasteiger partial charge in [0.2, 0.25) is 0 Å². The maximum absolute atomic E-state index is 7.98. The van der Waals surface area contributed by atoms with Crippen molar-refractivity contribution in [1.82, 2.24) is 0 Å². The lowest BCUT2D eigenvalue weighted by Gasteiger charge is -2.81. The standard InChI is InChI=1S/C29H70O2Si9/c1-30-39(28(31-32(2,3)4)29-22-25-19-26(23-29)21-27(20-25)24-29)35(11,12)37(15,16)40(33(5,6)7,34(8,9)10)38(17,18)36(39,13)14/h25-28H,19-24H2,1-18H3/t25?,26?,27?,28-,29?/m0/s1. The van der Waals surface area contributed by atoms with Gasteiger partial charge in [-0.05, 0) is 81.3 Å². The zero-order valence-electron chi connectivity index (χ0n) is 30.4. The summed E-state index contributed by atoms with van der Waals surface area (Å²) in [5, 5.41) is 0. The van der Waals surface area contributed by atoms with Crippen molar-refractivity contribution in [2.75, 3.05) is 7.11 Å². The van der Waals surface area contributed by atoms with E-state index in [0.29, 0.717) is 11.1 Å². The molecular formula is C29H70O2Si9. The quantitative estimate of drug-likeness (QED) is 0.247. The van der Waals surface area contributed by atoms with Crippen molar-refractivity contribution < 1.29 is 8.85 Å². The first-order valence-corrected chi connectivity index (χ1v) is 51.3. The molecule has 0 aromatic rings. The third-order valence-electron chi connectivity index (χ3n) is 14.9. The van der Waals surface area contributed by atoms with Crippen molar-refractivity contribution in [3.8, 4) is 0 Å². The lowest BCUT2D eigenvalue weighted by molar-refractivity contribution is -0.0944. The fourth-order valence-corrected chi connectivity index (χ4v) is 447. The summed E-state index contributed by atoms with van der Waals surface area (Å²) in [4.78, 5) is 0. The second-order valence-electron chi connectivity index (χ2n) is 20.6. The lowest BCUT2D eigenvalue weighted by atomic mass is 9.50. The maximum atomic E-state index is 7.98. The van der Waals surface area contributed by atoms with Crippen LogP contribution in [-0.4, -0.2) is 78.3 Å². The average molecular weight is 704 g/mol. The highest BCUT2D eigenvalue weighted by Gasteiger charge is 2.89. The molecule has 5 aliphatic rings. The van der Waals surface area contributed by atoms with Crippen LogP contribution >= 0.6 is 0 Å². The molecule has 5 fully saturated rings. The van der Waals surface area contributed by atoms with Crippen molar-refractivity contribution in [2.45, 2.75) is 156 Å². The summed E-state index contributed by atoms with van der Waals surface area (Å²) in [6.07, 6.45) is 7.52. The van der Waals surface area contributed by atoms with Gasteiger partial charge in [-0.25, -0.2) is 0 Å². The largest absolute Gasteiger partial charge is 0.424 e. The van der Waals surface area contributed by atoms with E-state index in [1.54, 1.807) is 0 Å². The highest BCUT2D eigenvalue weighted by atomic mass is 30.4. The van der Waals surface area contributed by atoms with Gasteiger partial charge in [-0.2, -0.15) is 0 Å². The minimum atomic E-state index is -2.26. The van der Waals surface area contributed by atoms with Crippen LogP contribution in [0.2, 0.25) is 111 Å². The molecular weight excluding hydrogens is 633 g/mol. The molecule has 1 heterocycles. The molecule has 0 spiro atoms. The van der Waals surface area contributed by atoms with Crippen LogP contribution in [-0.2, 0) is 8.85 Å². The monoisotopic (exact) mass is 702 g/mol. The van der Waals surface area contributed by atoms with E-state index in [4.69, 9.17) is 8.85 Å². The Balaban J connectivity index is 2.12. The van der Waals surface area contributed by atoms with Gasteiger partial charge in [0.1, 0.15) is 0 Å². The Hall–Kier alpha value is 1.87.